The largest absolute Gasteiger partial charge is 0.304 e. The molecule has 0 rings (SSSR count). The second kappa shape index (κ2) is 7.25. The highest BCUT2D eigenvalue weighted by Crippen LogP contribution is 1.81. The van der Waals surface area contributed by atoms with Crippen LogP contribution in [0.4, 0.5) is 0 Å². The van der Waals surface area contributed by atoms with Crippen LogP contribution in [0.15, 0.2) is 0 Å². The highest BCUT2D eigenvalue weighted by atomic mass is 35.5. The van der Waals surface area contributed by atoms with Crippen LogP contribution in [0.25, 0.3) is 0 Å². The molecule has 2 heteroatoms. The first-order chi connectivity index (χ1) is 3.35. The molecular weight excluding hydrogens is 122 g/mol. The maximum atomic E-state index is 2.38. The SMILES string of the molecule is CCN(CC)CC.[ClH2+]. The smallest absolute Gasteiger partial charge is 0.0903 e. The van der Waals surface area contributed by atoms with Gasteiger partial charge in [-0.3, -0.25) is 0 Å². The van der Waals surface area contributed by atoms with E-state index in [-0.39, 0.29) is 12.4 Å². The zero-order chi connectivity index (χ0) is 5.70. The molecule has 0 aliphatic heterocycles. The molecule has 0 saturated carbocycles. The van der Waals surface area contributed by atoms with Crippen LogP contribution in [0.5, 0.6) is 0 Å². The third kappa shape index (κ3) is 4.41. The van der Waals surface area contributed by atoms with Gasteiger partial charge < -0.3 is 4.90 Å². The van der Waals surface area contributed by atoms with Gasteiger partial charge in [-0.05, 0) is 19.6 Å². The van der Waals surface area contributed by atoms with Crippen LogP contribution in [0.3, 0.4) is 0 Å². The second-order valence-electron chi connectivity index (χ2n) is 1.62. The van der Waals surface area contributed by atoms with Gasteiger partial charge in [-0.2, -0.15) is 0 Å². The van der Waals surface area contributed by atoms with Crippen molar-refractivity contribution in [2.24, 2.45) is 0 Å². The lowest BCUT2D eigenvalue weighted by atomic mass is 10.5. The predicted octanol–water partition coefficient (Wildman–Crippen LogP) is 0.813. The summed E-state index contributed by atoms with van der Waals surface area (Å²) in [7, 11) is 0. The van der Waals surface area contributed by atoms with Gasteiger partial charge in [0.15, 0.2) is 0 Å². The van der Waals surface area contributed by atoms with Crippen LogP contribution in [0, 0.1) is 12.4 Å². The van der Waals surface area contributed by atoms with Gasteiger partial charge in [0.2, 0.25) is 0 Å². The third-order valence-electron chi connectivity index (χ3n) is 1.34. The number of nitrogens with zero attached hydrogens (tertiary/aromatic N) is 1. The molecule has 0 atom stereocenters. The quantitative estimate of drug-likeness (QED) is 0.558. The highest BCUT2D eigenvalue weighted by molar-refractivity contribution is 4.43. The Morgan fingerprint density at radius 3 is 1.12 bits per heavy atom. The van der Waals surface area contributed by atoms with Gasteiger partial charge in [0.1, 0.15) is 0 Å². The molecule has 0 spiro atoms. The summed E-state index contributed by atoms with van der Waals surface area (Å²) in [6, 6.07) is 0. The van der Waals surface area contributed by atoms with E-state index >= 15 is 0 Å². The van der Waals surface area contributed by atoms with Crippen molar-refractivity contribution in [3.63, 3.8) is 0 Å². The first-order valence-corrected chi connectivity index (χ1v) is 3.07. The van der Waals surface area contributed by atoms with Crippen molar-refractivity contribution < 1.29 is 12.4 Å². The van der Waals surface area contributed by atoms with Crippen LogP contribution < -0.4 is 0 Å². The maximum absolute atomic E-state index is 2.38. The normalized spacial score (nSPS) is 9.00. The first-order valence-electron chi connectivity index (χ1n) is 3.07. The summed E-state index contributed by atoms with van der Waals surface area (Å²) in [5.74, 6) is 0. The Morgan fingerprint density at radius 1 is 0.875 bits per heavy atom. The van der Waals surface area contributed by atoms with Crippen LogP contribution in [0.2, 0.25) is 0 Å². The number of hydrogen-bond acceptors (Lipinski definition) is 1. The summed E-state index contributed by atoms with van der Waals surface area (Å²) < 4.78 is 0. The summed E-state index contributed by atoms with van der Waals surface area (Å²) in [6.07, 6.45) is 0. The van der Waals surface area contributed by atoms with E-state index in [0.717, 1.165) is 0 Å². The Kier molecular flexibility index (Phi) is 10.1. The van der Waals surface area contributed by atoms with E-state index in [9.17, 15) is 0 Å². The highest BCUT2D eigenvalue weighted by Gasteiger charge is 1.89. The molecule has 0 aliphatic rings. The standard InChI is InChI=1S/C6H15N.ClH2/c1-4-7(5-2)6-3;/h4-6H2,1-3H3;1H2/q;+1. The minimum Gasteiger partial charge on any atom is -0.304 e. The average molecular weight is 139 g/mol. The van der Waals surface area contributed by atoms with Crippen molar-refractivity contribution in [1.82, 2.24) is 4.90 Å². The zero-order valence-corrected chi connectivity index (χ0v) is 6.91. The summed E-state index contributed by atoms with van der Waals surface area (Å²) in [4.78, 5) is 2.38. The van der Waals surface area contributed by atoms with Gasteiger partial charge in [0, 0.05) is 0 Å². The average Bonchev–Trinajstić information content (AvgIpc) is 1.72. The molecule has 0 fully saturated rings. The molecule has 0 radical (unpaired) electrons. The summed E-state index contributed by atoms with van der Waals surface area (Å²) in [5, 5.41) is 0. The summed E-state index contributed by atoms with van der Waals surface area (Å²) >= 11 is 0. The molecule has 1 nitrogen and oxygen atoms in total. The molecular formula is C6H17ClN+. The maximum Gasteiger partial charge on any atom is 0.0903 e. The number of halogens is 1. The Hall–Kier alpha value is 0.250. The zero-order valence-electron chi connectivity index (χ0n) is 6.02. The Balaban J connectivity index is 0. The summed E-state index contributed by atoms with van der Waals surface area (Å²) in [5.41, 5.74) is 0. The van der Waals surface area contributed by atoms with E-state index in [4.69, 9.17) is 0 Å². The molecule has 0 saturated heterocycles. The van der Waals surface area contributed by atoms with Crippen molar-refractivity contribution in [1.29, 1.82) is 0 Å². The van der Waals surface area contributed by atoms with E-state index in [1.807, 2.05) is 0 Å². The molecule has 0 unspecified atom stereocenters. The predicted molar refractivity (Wildman–Crippen MR) is 36.3 cm³/mol. The third-order valence-corrected chi connectivity index (χ3v) is 1.34. The summed E-state index contributed by atoms with van der Waals surface area (Å²) in [6.45, 7) is 10.1. The van der Waals surface area contributed by atoms with E-state index in [2.05, 4.69) is 25.7 Å². The topological polar surface area (TPSA) is 3.24 Å². The van der Waals surface area contributed by atoms with E-state index in [1.165, 1.54) is 19.6 Å². The lowest BCUT2D eigenvalue weighted by molar-refractivity contribution is -0.00000175. The van der Waals surface area contributed by atoms with Gasteiger partial charge in [-0.15, -0.1) is 0 Å². The Morgan fingerprint density at radius 2 is 1.12 bits per heavy atom. The van der Waals surface area contributed by atoms with Gasteiger partial charge in [0.25, 0.3) is 0 Å². The fourth-order valence-corrected chi connectivity index (χ4v) is 0.671. The van der Waals surface area contributed by atoms with E-state index < -0.39 is 0 Å². The van der Waals surface area contributed by atoms with Crippen LogP contribution in [-0.2, 0) is 0 Å². The second-order valence-corrected chi connectivity index (χ2v) is 1.62. The minimum absolute atomic E-state index is 0. The van der Waals surface area contributed by atoms with E-state index in [1.54, 1.807) is 0 Å². The number of hydrogen-bond donors (Lipinski definition) is 0. The molecule has 0 aliphatic carbocycles. The molecule has 0 aromatic rings. The lowest BCUT2D eigenvalue weighted by Crippen LogP contribution is -2.21. The molecule has 0 heterocycles. The molecule has 8 heavy (non-hydrogen) atoms. The van der Waals surface area contributed by atoms with Crippen LogP contribution >= 0.6 is 0 Å². The van der Waals surface area contributed by atoms with Crippen LogP contribution in [-0.4, -0.2) is 24.5 Å². The van der Waals surface area contributed by atoms with E-state index in [0.29, 0.717) is 0 Å². The van der Waals surface area contributed by atoms with Crippen molar-refractivity contribution in [3.05, 3.63) is 0 Å². The first kappa shape index (κ1) is 11.1. The van der Waals surface area contributed by atoms with Crippen LogP contribution in [0.1, 0.15) is 20.8 Å². The van der Waals surface area contributed by atoms with Gasteiger partial charge >= 0.3 is 0 Å². The molecule has 0 amide bonds. The Labute approximate surface area is 58.5 Å². The minimum atomic E-state index is 0. The molecule has 52 valence electrons. The molecule has 0 N–H and O–H groups in total. The van der Waals surface area contributed by atoms with Crippen molar-refractivity contribution in [2.45, 2.75) is 20.8 Å². The van der Waals surface area contributed by atoms with Gasteiger partial charge in [0.05, 0.1) is 12.4 Å². The van der Waals surface area contributed by atoms with Crippen molar-refractivity contribution in [3.8, 4) is 0 Å². The van der Waals surface area contributed by atoms with Crippen molar-refractivity contribution in [2.75, 3.05) is 19.6 Å². The molecule has 0 bridgehead atoms. The Bertz CT molecular complexity index is 30.0. The molecule has 0 aromatic heterocycles. The fraction of sp³-hybridized carbons (Fsp3) is 1.00. The van der Waals surface area contributed by atoms with Gasteiger partial charge in [-0.1, -0.05) is 20.8 Å². The molecule has 0 aromatic carbocycles. The lowest BCUT2D eigenvalue weighted by Gasteiger charge is -2.13. The number of rotatable bonds is 3. The fourth-order valence-electron chi connectivity index (χ4n) is 0.671. The van der Waals surface area contributed by atoms with Gasteiger partial charge in [-0.25, -0.2) is 0 Å². The monoisotopic (exact) mass is 138 g/mol. The van der Waals surface area contributed by atoms with Crippen molar-refractivity contribution >= 4 is 0 Å².